The highest BCUT2D eigenvalue weighted by atomic mass is 35.5. The van der Waals surface area contributed by atoms with E-state index in [0.29, 0.717) is 6.04 Å². The first-order valence-corrected chi connectivity index (χ1v) is 9.87. The van der Waals surface area contributed by atoms with Crippen LogP contribution in [0.4, 0.5) is 0 Å². The second-order valence-corrected chi connectivity index (χ2v) is 8.70. The van der Waals surface area contributed by atoms with Gasteiger partial charge in [-0.05, 0) is 62.1 Å². The van der Waals surface area contributed by atoms with E-state index in [2.05, 4.69) is 25.2 Å². The Kier molecular flexibility index (Phi) is 5.29. The van der Waals surface area contributed by atoms with Crippen molar-refractivity contribution in [2.45, 2.75) is 64.8 Å². The number of hydrogen-bond acceptors (Lipinski definition) is 2. The molecule has 0 aromatic carbocycles. The van der Waals surface area contributed by atoms with Crippen molar-refractivity contribution in [2.24, 2.45) is 17.8 Å². The van der Waals surface area contributed by atoms with Crippen LogP contribution in [0.2, 0.25) is 4.34 Å². The van der Waals surface area contributed by atoms with E-state index in [-0.39, 0.29) is 0 Å². The molecule has 0 radical (unpaired) electrons. The Hall–Kier alpha value is -0.0500. The zero-order valence-electron chi connectivity index (χ0n) is 13.3. The number of nitrogens with one attached hydrogen (secondary N) is 1. The summed E-state index contributed by atoms with van der Waals surface area (Å²) in [6.45, 7) is 5.40. The first kappa shape index (κ1) is 15.8. The van der Waals surface area contributed by atoms with Crippen LogP contribution in [0.1, 0.15) is 68.4 Å². The third kappa shape index (κ3) is 3.48. The minimum absolute atomic E-state index is 0.522. The monoisotopic (exact) mass is 325 g/mol. The standard InChI is InChI=1S/C18H28ClNS/c1-3-20-17(16-10-12(2)18(19)21-16)15-9-8-13-6-4-5-7-14(13)11-15/h10,13-15,17,20H,3-9,11H2,1-2H3. The Morgan fingerprint density at radius 3 is 2.67 bits per heavy atom. The van der Waals surface area contributed by atoms with Gasteiger partial charge < -0.3 is 5.32 Å². The predicted octanol–water partition coefficient (Wildman–Crippen LogP) is 5.97. The molecule has 0 aliphatic heterocycles. The summed E-state index contributed by atoms with van der Waals surface area (Å²) in [5.41, 5.74) is 1.24. The van der Waals surface area contributed by atoms with E-state index in [1.54, 1.807) is 11.3 Å². The summed E-state index contributed by atoms with van der Waals surface area (Å²) >= 11 is 8.10. The van der Waals surface area contributed by atoms with Crippen LogP contribution in [0, 0.1) is 24.7 Å². The van der Waals surface area contributed by atoms with E-state index < -0.39 is 0 Å². The van der Waals surface area contributed by atoms with Crippen LogP contribution in [0.3, 0.4) is 0 Å². The molecule has 0 saturated heterocycles. The average molecular weight is 326 g/mol. The molecule has 2 aliphatic rings. The van der Waals surface area contributed by atoms with E-state index in [1.807, 2.05) is 0 Å². The highest BCUT2D eigenvalue weighted by molar-refractivity contribution is 7.16. The molecule has 3 rings (SSSR count). The summed E-state index contributed by atoms with van der Waals surface area (Å²) in [5, 5.41) is 3.76. The van der Waals surface area contributed by atoms with Crippen LogP contribution in [0.5, 0.6) is 0 Å². The Bertz CT molecular complexity index is 450. The molecule has 0 bridgehead atoms. The Labute approximate surface area is 138 Å². The van der Waals surface area contributed by atoms with Crippen molar-refractivity contribution in [2.75, 3.05) is 6.54 Å². The second-order valence-electron chi connectivity index (χ2n) is 7.02. The molecule has 21 heavy (non-hydrogen) atoms. The van der Waals surface area contributed by atoms with Gasteiger partial charge in [0.15, 0.2) is 0 Å². The lowest BCUT2D eigenvalue weighted by atomic mass is 9.66. The third-order valence-electron chi connectivity index (χ3n) is 5.66. The quantitative estimate of drug-likeness (QED) is 0.719. The summed E-state index contributed by atoms with van der Waals surface area (Å²) in [4.78, 5) is 1.46. The smallest absolute Gasteiger partial charge is 0.0960 e. The molecule has 1 heterocycles. The normalized spacial score (nSPS) is 30.9. The van der Waals surface area contributed by atoms with Crippen LogP contribution in [0.15, 0.2) is 6.07 Å². The molecule has 1 aromatic heterocycles. The molecule has 118 valence electrons. The molecule has 0 spiro atoms. The summed E-state index contributed by atoms with van der Waals surface area (Å²) in [7, 11) is 0. The number of rotatable bonds is 4. The number of thiophene rings is 1. The van der Waals surface area contributed by atoms with Crippen LogP contribution in [-0.4, -0.2) is 6.54 Å². The first-order valence-electron chi connectivity index (χ1n) is 8.68. The minimum Gasteiger partial charge on any atom is -0.309 e. The molecule has 1 N–H and O–H groups in total. The van der Waals surface area contributed by atoms with E-state index in [0.717, 1.165) is 28.6 Å². The molecule has 4 unspecified atom stereocenters. The average Bonchev–Trinajstić information content (AvgIpc) is 2.83. The van der Waals surface area contributed by atoms with Crippen LogP contribution in [0.25, 0.3) is 0 Å². The lowest BCUT2D eigenvalue weighted by Crippen LogP contribution is -2.35. The van der Waals surface area contributed by atoms with Crippen LogP contribution in [-0.2, 0) is 0 Å². The minimum atomic E-state index is 0.522. The van der Waals surface area contributed by atoms with Gasteiger partial charge in [-0.2, -0.15) is 0 Å². The van der Waals surface area contributed by atoms with Gasteiger partial charge in [0.25, 0.3) is 0 Å². The van der Waals surface area contributed by atoms with Gasteiger partial charge in [0.05, 0.1) is 4.34 Å². The zero-order chi connectivity index (χ0) is 14.8. The third-order valence-corrected chi connectivity index (χ3v) is 7.30. The molecule has 2 saturated carbocycles. The number of hydrogen-bond donors (Lipinski definition) is 1. The van der Waals surface area contributed by atoms with E-state index >= 15 is 0 Å². The van der Waals surface area contributed by atoms with Crippen LogP contribution >= 0.6 is 22.9 Å². The number of halogens is 1. The second kappa shape index (κ2) is 7.02. The largest absolute Gasteiger partial charge is 0.309 e. The van der Waals surface area contributed by atoms with Crippen molar-refractivity contribution in [3.8, 4) is 0 Å². The van der Waals surface area contributed by atoms with Crippen molar-refractivity contribution < 1.29 is 0 Å². The summed E-state index contributed by atoms with van der Waals surface area (Å²) in [6.07, 6.45) is 10.2. The van der Waals surface area contributed by atoms with Crippen molar-refractivity contribution >= 4 is 22.9 Å². The highest BCUT2D eigenvalue weighted by Crippen LogP contribution is 2.47. The topological polar surface area (TPSA) is 12.0 Å². The van der Waals surface area contributed by atoms with Crippen molar-refractivity contribution in [1.29, 1.82) is 0 Å². The van der Waals surface area contributed by atoms with Crippen molar-refractivity contribution in [1.82, 2.24) is 5.32 Å². The summed E-state index contributed by atoms with van der Waals surface area (Å²) in [6, 6.07) is 2.84. The Balaban J connectivity index is 1.74. The van der Waals surface area contributed by atoms with Gasteiger partial charge in [0.2, 0.25) is 0 Å². The Morgan fingerprint density at radius 2 is 2.00 bits per heavy atom. The van der Waals surface area contributed by atoms with E-state index in [9.17, 15) is 0 Å². The van der Waals surface area contributed by atoms with Gasteiger partial charge in [0, 0.05) is 10.9 Å². The lowest BCUT2D eigenvalue weighted by molar-refractivity contribution is 0.110. The maximum Gasteiger partial charge on any atom is 0.0960 e. The van der Waals surface area contributed by atoms with Crippen molar-refractivity contribution in [3.05, 3.63) is 20.8 Å². The maximum absolute atomic E-state index is 6.31. The molecule has 1 nitrogen and oxygen atoms in total. The molecule has 4 atom stereocenters. The molecular formula is C18H28ClNS. The van der Waals surface area contributed by atoms with E-state index in [4.69, 9.17) is 11.6 Å². The van der Waals surface area contributed by atoms with Gasteiger partial charge >= 0.3 is 0 Å². The number of fused-ring (bicyclic) bond motifs is 1. The molecule has 2 fully saturated rings. The Morgan fingerprint density at radius 1 is 1.24 bits per heavy atom. The molecular weight excluding hydrogens is 298 g/mol. The van der Waals surface area contributed by atoms with Crippen molar-refractivity contribution in [3.63, 3.8) is 0 Å². The van der Waals surface area contributed by atoms with Gasteiger partial charge in [-0.3, -0.25) is 0 Å². The van der Waals surface area contributed by atoms with Gasteiger partial charge in [0.1, 0.15) is 0 Å². The summed E-state index contributed by atoms with van der Waals surface area (Å²) < 4.78 is 0.972. The molecule has 1 aromatic rings. The number of aryl methyl sites for hydroxylation is 1. The highest BCUT2D eigenvalue weighted by Gasteiger charge is 2.36. The zero-order valence-corrected chi connectivity index (χ0v) is 14.9. The SMILES string of the molecule is CCNC(c1cc(C)c(Cl)s1)C1CCC2CCCCC2C1. The first-order chi connectivity index (χ1) is 10.2. The maximum atomic E-state index is 6.31. The molecule has 2 aliphatic carbocycles. The fourth-order valence-corrected chi connectivity index (χ4v) is 5.96. The predicted molar refractivity (Wildman–Crippen MR) is 93.3 cm³/mol. The van der Waals surface area contributed by atoms with Gasteiger partial charge in [-0.25, -0.2) is 0 Å². The van der Waals surface area contributed by atoms with Gasteiger partial charge in [-0.15, -0.1) is 11.3 Å². The van der Waals surface area contributed by atoms with Gasteiger partial charge in [-0.1, -0.05) is 44.2 Å². The lowest BCUT2D eigenvalue weighted by Gasteiger charge is -2.42. The fourth-order valence-electron chi connectivity index (χ4n) is 4.57. The molecule has 0 amide bonds. The summed E-state index contributed by atoms with van der Waals surface area (Å²) in [5.74, 6) is 2.83. The molecule has 3 heteroatoms. The fraction of sp³-hybridized carbons (Fsp3) is 0.778. The van der Waals surface area contributed by atoms with E-state index in [1.165, 1.54) is 55.4 Å². The van der Waals surface area contributed by atoms with Crippen LogP contribution < -0.4 is 5.32 Å².